The van der Waals surface area contributed by atoms with E-state index in [9.17, 15) is 13.2 Å². The van der Waals surface area contributed by atoms with Crippen LogP contribution in [-0.4, -0.2) is 28.7 Å². The van der Waals surface area contributed by atoms with Crippen LogP contribution in [0, 0.1) is 6.92 Å². The molecule has 32 heavy (non-hydrogen) atoms. The summed E-state index contributed by atoms with van der Waals surface area (Å²) in [7, 11) is -1.73. The Kier molecular flexibility index (Phi) is 7.59. The van der Waals surface area contributed by atoms with Crippen molar-refractivity contribution in [1.82, 2.24) is 14.5 Å². The van der Waals surface area contributed by atoms with Gasteiger partial charge in [0.1, 0.15) is 0 Å². The predicted molar refractivity (Wildman–Crippen MR) is 126 cm³/mol. The second-order valence-electron chi connectivity index (χ2n) is 7.48. The first-order valence-electron chi connectivity index (χ1n) is 9.97. The van der Waals surface area contributed by atoms with Crippen LogP contribution in [0.2, 0.25) is 10.0 Å². The highest BCUT2D eigenvalue weighted by Crippen LogP contribution is 2.31. The minimum Gasteiger partial charge on any atom is -0.423 e. The Bertz CT molecular complexity index is 1280. The number of unbranched alkanes of at least 4 members (excludes halogenated alkanes) is 1. The molecule has 2 aromatic heterocycles. The van der Waals surface area contributed by atoms with Crippen LogP contribution in [0.3, 0.4) is 0 Å². The van der Waals surface area contributed by atoms with Crippen molar-refractivity contribution >= 4 is 33.0 Å². The van der Waals surface area contributed by atoms with E-state index in [4.69, 9.17) is 27.9 Å². The lowest BCUT2D eigenvalue weighted by atomic mass is 10.1. The van der Waals surface area contributed by atoms with E-state index in [2.05, 4.69) is 9.97 Å². The molecule has 7 nitrogen and oxygen atoms in total. The first kappa shape index (κ1) is 24.2. The molecular formula is C22H23Cl2N3O4S. The van der Waals surface area contributed by atoms with Crippen LogP contribution in [0.4, 0.5) is 0 Å². The van der Waals surface area contributed by atoms with Crippen LogP contribution < -0.4 is 10.3 Å². The van der Waals surface area contributed by atoms with Crippen molar-refractivity contribution in [2.45, 2.75) is 32.4 Å². The van der Waals surface area contributed by atoms with Crippen LogP contribution in [0.5, 0.6) is 11.8 Å². The Labute approximate surface area is 196 Å². The average molecular weight is 496 g/mol. The van der Waals surface area contributed by atoms with E-state index in [1.807, 2.05) is 6.92 Å². The number of ether oxygens (including phenoxy) is 1. The smallest absolute Gasteiger partial charge is 0.322 e. The molecule has 0 spiro atoms. The maximum Gasteiger partial charge on any atom is 0.322 e. The van der Waals surface area contributed by atoms with Gasteiger partial charge >= 0.3 is 6.01 Å². The molecule has 0 saturated carbocycles. The van der Waals surface area contributed by atoms with Gasteiger partial charge in [-0.25, -0.2) is 8.42 Å². The quantitative estimate of drug-likeness (QED) is 0.438. The molecule has 0 saturated heterocycles. The number of sulfone groups is 1. The van der Waals surface area contributed by atoms with Crippen molar-refractivity contribution in [1.29, 1.82) is 0 Å². The molecule has 0 bridgehead atoms. The van der Waals surface area contributed by atoms with E-state index in [1.54, 1.807) is 44.4 Å². The average Bonchev–Trinajstić information content (AvgIpc) is 2.72. The van der Waals surface area contributed by atoms with Gasteiger partial charge in [-0.1, -0.05) is 36.5 Å². The molecule has 0 unspecified atom stereocenters. The van der Waals surface area contributed by atoms with Crippen molar-refractivity contribution in [2.24, 2.45) is 7.05 Å². The van der Waals surface area contributed by atoms with Crippen LogP contribution in [0.15, 0.2) is 41.3 Å². The second kappa shape index (κ2) is 10.0. The molecule has 0 aliphatic heterocycles. The number of halogens is 2. The number of aromatic nitrogens is 3. The fraction of sp³-hybridized carbons (Fsp3) is 0.318. The molecule has 3 aromatic rings. The number of aryl methyl sites for hydroxylation is 2. The molecule has 10 heteroatoms. The van der Waals surface area contributed by atoms with Gasteiger partial charge < -0.3 is 9.30 Å². The van der Waals surface area contributed by atoms with Gasteiger partial charge in [-0.2, -0.15) is 9.97 Å². The first-order valence-corrected chi connectivity index (χ1v) is 12.5. The lowest BCUT2D eigenvalue weighted by Crippen LogP contribution is -2.18. The van der Waals surface area contributed by atoms with Crippen molar-refractivity contribution in [3.8, 4) is 23.0 Å². The van der Waals surface area contributed by atoms with Crippen LogP contribution in [0.25, 0.3) is 11.3 Å². The van der Waals surface area contributed by atoms with Crippen LogP contribution in [0.1, 0.15) is 31.0 Å². The summed E-state index contributed by atoms with van der Waals surface area (Å²) < 4.78 is 32.3. The molecule has 3 rings (SSSR count). The number of hydrogen-bond acceptors (Lipinski definition) is 6. The fourth-order valence-electron chi connectivity index (χ4n) is 3.07. The SMILES string of the molecule is CCCCS(=O)(=O)Cc1cc(-c2cc(C)c(=O)n(C)c2)nc(Oc2cc(Cl)ccc2Cl)n1. The van der Waals surface area contributed by atoms with E-state index in [0.717, 1.165) is 6.42 Å². The van der Waals surface area contributed by atoms with Gasteiger partial charge in [0.25, 0.3) is 5.56 Å². The summed E-state index contributed by atoms with van der Waals surface area (Å²) in [5.41, 5.74) is 1.73. The largest absolute Gasteiger partial charge is 0.423 e. The van der Waals surface area contributed by atoms with E-state index in [1.165, 1.54) is 10.6 Å². The molecule has 0 radical (unpaired) electrons. The highest BCUT2D eigenvalue weighted by atomic mass is 35.5. The van der Waals surface area contributed by atoms with Gasteiger partial charge in [-0.15, -0.1) is 0 Å². The van der Waals surface area contributed by atoms with Crippen LogP contribution >= 0.6 is 23.2 Å². The molecule has 1 aromatic carbocycles. The molecular weight excluding hydrogens is 473 g/mol. The molecule has 0 fully saturated rings. The standard InChI is InChI=1S/C22H23Cl2N3O4S/c1-4-5-8-32(29,30)13-17-11-19(15-9-14(2)21(28)27(3)12-15)26-22(25-17)31-20-10-16(23)6-7-18(20)24/h6-7,9-12H,4-5,8,13H2,1-3H3. The Morgan fingerprint density at radius 3 is 2.56 bits per heavy atom. The normalized spacial score (nSPS) is 11.5. The molecule has 170 valence electrons. The third-order valence-electron chi connectivity index (χ3n) is 4.69. The summed E-state index contributed by atoms with van der Waals surface area (Å²) in [6, 6.07) is 7.93. The summed E-state index contributed by atoms with van der Waals surface area (Å²) in [5, 5.41) is 0.718. The molecule has 0 atom stereocenters. The molecule has 0 aliphatic carbocycles. The van der Waals surface area contributed by atoms with Gasteiger partial charge in [0.15, 0.2) is 15.6 Å². The maximum absolute atomic E-state index is 12.5. The van der Waals surface area contributed by atoms with E-state index >= 15 is 0 Å². The molecule has 0 aliphatic rings. The zero-order valence-corrected chi connectivity index (χ0v) is 20.3. The number of benzene rings is 1. The zero-order chi connectivity index (χ0) is 23.5. The van der Waals surface area contributed by atoms with Gasteiger partial charge in [0.05, 0.1) is 27.9 Å². The molecule has 0 amide bonds. The maximum atomic E-state index is 12.5. The number of rotatable bonds is 8. The number of hydrogen-bond donors (Lipinski definition) is 0. The Morgan fingerprint density at radius 2 is 1.88 bits per heavy atom. The monoisotopic (exact) mass is 495 g/mol. The Hall–Kier alpha value is -2.42. The predicted octanol–water partition coefficient (Wildman–Crippen LogP) is 4.96. The third kappa shape index (κ3) is 6.09. The van der Waals surface area contributed by atoms with Crippen molar-refractivity contribution < 1.29 is 13.2 Å². The zero-order valence-electron chi connectivity index (χ0n) is 17.9. The minimum absolute atomic E-state index is 0.0676. The van der Waals surface area contributed by atoms with Gasteiger partial charge in [-0.05, 0) is 37.6 Å². The van der Waals surface area contributed by atoms with Crippen molar-refractivity contribution in [3.05, 3.63) is 68.2 Å². The topological polar surface area (TPSA) is 91.2 Å². The van der Waals surface area contributed by atoms with Crippen molar-refractivity contribution in [2.75, 3.05) is 5.75 Å². The lowest BCUT2D eigenvalue weighted by Gasteiger charge is -2.12. The van der Waals surface area contributed by atoms with Gasteiger partial charge in [0.2, 0.25) is 0 Å². The Balaban J connectivity index is 2.09. The highest BCUT2D eigenvalue weighted by Gasteiger charge is 2.17. The fourth-order valence-corrected chi connectivity index (χ4v) is 4.86. The number of nitrogens with zero attached hydrogens (tertiary/aromatic N) is 3. The summed E-state index contributed by atoms with van der Waals surface area (Å²) in [5.74, 6) is 0.0538. The molecule has 0 N–H and O–H groups in total. The highest BCUT2D eigenvalue weighted by molar-refractivity contribution is 7.90. The summed E-state index contributed by atoms with van der Waals surface area (Å²) in [6.45, 7) is 3.63. The minimum atomic E-state index is -3.37. The number of pyridine rings is 1. The van der Waals surface area contributed by atoms with Gasteiger partial charge in [0, 0.05) is 35.5 Å². The third-order valence-corrected chi connectivity index (χ3v) is 6.88. The summed E-state index contributed by atoms with van der Waals surface area (Å²) in [6.07, 6.45) is 2.97. The second-order valence-corrected chi connectivity index (χ2v) is 10.5. The van der Waals surface area contributed by atoms with Crippen molar-refractivity contribution in [3.63, 3.8) is 0 Å². The van der Waals surface area contributed by atoms with Gasteiger partial charge in [-0.3, -0.25) is 4.79 Å². The molecule has 2 heterocycles. The summed E-state index contributed by atoms with van der Waals surface area (Å²) >= 11 is 12.2. The first-order chi connectivity index (χ1) is 15.1. The van der Waals surface area contributed by atoms with E-state index in [-0.39, 0.29) is 34.5 Å². The van der Waals surface area contributed by atoms with E-state index in [0.29, 0.717) is 33.3 Å². The van der Waals surface area contributed by atoms with E-state index < -0.39 is 9.84 Å². The Morgan fingerprint density at radius 1 is 1.12 bits per heavy atom. The van der Waals surface area contributed by atoms with Crippen LogP contribution in [-0.2, 0) is 22.6 Å². The lowest BCUT2D eigenvalue weighted by molar-refractivity contribution is 0.441. The summed E-state index contributed by atoms with van der Waals surface area (Å²) in [4.78, 5) is 20.8.